The molecule has 0 aromatic heterocycles. The molecule has 0 aliphatic rings. The summed E-state index contributed by atoms with van der Waals surface area (Å²) in [5, 5.41) is 0.530. The highest BCUT2D eigenvalue weighted by Crippen LogP contribution is 2.14. The molecule has 0 aromatic carbocycles. The van der Waals surface area contributed by atoms with Crippen LogP contribution in [-0.4, -0.2) is 39.8 Å². The Labute approximate surface area is 113 Å². The van der Waals surface area contributed by atoms with E-state index in [0.717, 1.165) is 17.9 Å². The number of hydrogen-bond acceptors (Lipinski definition) is 5. The topological polar surface area (TPSA) is 0 Å². The largest absolute Gasteiger partial charge is 0.179 e. The first-order valence-corrected chi connectivity index (χ1v) is 8.95. The highest BCUT2D eigenvalue weighted by molar-refractivity contribution is 8.00. The minimum atomic E-state index is 0.530. The Bertz CT molecular complexity index is 109. The molecule has 0 aliphatic carbocycles. The van der Waals surface area contributed by atoms with Crippen molar-refractivity contribution in [3.63, 3.8) is 0 Å². The summed E-state index contributed by atoms with van der Waals surface area (Å²) in [5.41, 5.74) is 0. The molecule has 0 N–H and O–H groups in total. The lowest BCUT2D eigenvalue weighted by Crippen LogP contribution is -2.03. The molecule has 0 aliphatic heterocycles. The zero-order chi connectivity index (χ0) is 10.6. The fraction of sp³-hybridized carbons (Fsp3) is 1.00. The molecule has 86 valence electrons. The number of thioether (sulfide) groups is 2. The Hall–Kier alpha value is 1.75. The smallest absolute Gasteiger partial charge is 0.0115 e. The Balaban J connectivity index is 2.98. The second-order valence-corrected chi connectivity index (χ2v) is 6.93. The summed E-state index contributed by atoms with van der Waals surface area (Å²) >= 11 is 16.9. The van der Waals surface area contributed by atoms with E-state index in [1.807, 2.05) is 23.5 Å². The summed E-state index contributed by atoms with van der Waals surface area (Å²) in [7, 11) is 0. The lowest BCUT2D eigenvalue weighted by atomic mass is 10.4. The maximum atomic E-state index is 4.48. The van der Waals surface area contributed by atoms with Gasteiger partial charge in [0.05, 0.1) is 0 Å². The highest BCUT2D eigenvalue weighted by Gasteiger charge is 2.01. The molecule has 0 saturated heterocycles. The minimum absolute atomic E-state index is 0.530. The number of thiol groups is 3. The second kappa shape index (κ2) is 12.8. The summed E-state index contributed by atoms with van der Waals surface area (Å²) in [6.45, 7) is 0. The van der Waals surface area contributed by atoms with Crippen LogP contribution >= 0.6 is 61.4 Å². The summed E-state index contributed by atoms with van der Waals surface area (Å²) in [6, 6.07) is 0. The van der Waals surface area contributed by atoms with Crippen molar-refractivity contribution < 1.29 is 0 Å². The van der Waals surface area contributed by atoms with Crippen LogP contribution in [0, 0.1) is 0 Å². The van der Waals surface area contributed by atoms with Crippen LogP contribution in [0.5, 0.6) is 0 Å². The molecule has 0 nitrogen and oxygen atoms in total. The second-order valence-electron chi connectivity index (χ2n) is 2.93. The molecule has 0 rings (SSSR count). The Morgan fingerprint density at radius 3 is 2.29 bits per heavy atom. The molecule has 0 amide bonds. The van der Waals surface area contributed by atoms with Gasteiger partial charge in [0.15, 0.2) is 0 Å². The van der Waals surface area contributed by atoms with Gasteiger partial charge >= 0.3 is 0 Å². The van der Waals surface area contributed by atoms with Crippen LogP contribution in [0.15, 0.2) is 0 Å². The Morgan fingerprint density at radius 2 is 1.64 bits per heavy atom. The summed E-state index contributed by atoms with van der Waals surface area (Å²) in [6.07, 6.45) is 2.43. The third-order valence-electron chi connectivity index (χ3n) is 1.59. The lowest BCUT2D eigenvalue weighted by molar-refractivity contribution is 0.936. The van der Waals surface area contributed by atoms with Gasteiger partial charge < -0.3 is 0 Å². The van der Waals surface area contributed by atoms with E-state index in [4.69, 9.17) is 0 Å². The molecule has 0 saturated carbocycles. The van der Waals surface area contributed by atoms with Gasteiger partial charge in [-0.3, -0.25) is 0 Å². The van der Waals surface area contributed by atoms with Gasteiger partial charge in [-0.05, 0) is 35.9 Å². The monoisotopic (exact) mass is 288 g/mol. The van der Waals surface area contributed by atoms with Crippen LogP contribution in [0.2, 0.25) is 0 Å². The predicted octanol–water partition coefficient (Wildman–Crippen LogP) is 3.39. The van der Waals surface area contributed by atoms with Crippen LogP contribution in [0.3, 0.4) is 0 Å². The van der Waals surface area contributed by atoms with Crippen LogP contribution in [0.1, 0.15) is 12.8 Å². The van der Waals surface area contributed by atoms with E-state index in [1.54, 1.807) is 0 Å². The maximum absolute atomic E-state index is 4.48. The van der Waals surface area contributed by atoms with Gasteiger partial charge in [-0.15, -0.1) is 0 Å². The van der Waals surface area contributed by atoms with Crippen molar-refractivity contribution in [2.75, 3.05) is 34.5 Å². The number of hydrogen-bond donors (Lipinski definition) is 3. The van der Waals surface area contributed by atoms with Crippen molar-refractivity contribution in [2.24, 2.45) is 0 Å². The SMILES string of the molecule is SCCSCCCSCC(S)CCS. The quantitative estimate of drug-likeness (QED) is 0.416. The molecule has 5 heteroatoms. The van der Waals surface area contributed by atoms with Gasteiger partial charge in [0.1, 0.15) is 0 Å². The zero-order valence-electron chi connectivity index (χ0n) is 8.39. The third-order valence-corrected chi connectivity index (χ3v) is 5.34. The molecule has 0 heterocycles. The van der Waals surface area contributed by atoms with E-state index >= 15 is 0 Å². The van der Waals surface area contributed by atoms with E-state index in [-0.39, 0.29) is 0 Å². The van der Waals surface area contributed by atoms with Crippen molar-refractivity contribution in [3.8, 4) is 0 Å². The third kappa shape index (κ3) is 11.8. The van der Waals surface area contributed by atoms with Gasteiger partial charge in [-0.25, -0.2) is 0 Å². The van der Waals surface area contributed by atoms with E-state index in [0.29, 0.717) is 5.25 Å². The maximum Gasteiger partial charge on any atom is 0.0115 e. The van der Waals surface area contributed by atoms with Crippen molar-refractivity contribution >= 4 is 61.4 Å². The van der Waals surface area contributed by atoms with Gasteiger partial charge in [0.25, 0.3) is 0 Å². The summed E-state index contributed by atoms with van der Waals surface area (Å²) < 4.78 is 0. The average Bonchev–Trinajstić information content (AvgIpc) is 2.17. The van der Waals surface area contributed by atoms with Crippen LogP contribution in [0.25, 0.3) is 0 Å². The molecular formula is C9H20S5. The molecule has 0 aromatic rings. The van der Waals surface area contributed by atoms with Gasteiger partial charge in [0.2, 0.25) is 0 Å². The van der Waals surface area contributed by atoms with Crippen LogP contribution in [-0.2, 0) is 0 Å². The van der Waals surface area contributed by atoms with Crippen LogP contribution < -0.4 is 0 Å². The number of rotatable bonds is 10. The summed E-state index contributed by atoms with van der Waals surface area (Å²) in [4.78, 5) is 0. The first-order chi connectivity index (χ1) is 6.81. The normalized spacial score (nSPS) is 13.1. The van der Waals surface area contributed by atoms with Crippen LogP contribution in [0.4, 0.5) is 0 Å². The first-order valence-electron chi connectivity index (χ1n) is 4.86. The Morgan fingerprint density at radius 1 is 0.929 bits per heavy atom. The molecule has 0 bridgehead atoms. The van der Waals surface area contributed by atoms with E-state index < -0.39 is 0 Å². The van der Waals surface area contributed by atoms with Gasteiger partial charge in [0, 0.05) is 16.8 Å². The molecule has 1 unspecified atom stereocenters. The first kappa shape index (κ1) is 15.8. The molecule has 1 atom stereocenters. The zero-order valence-corrected chi connectivity index (χ0v) is 12.7. The predicted molar refractivity (Wildman–Crippen MR) is 84.4 cm³/mol. The Kier molecular flexibility index (Phi) is 14.4. The molecule has 0 fully saturated rings. The standard InChI is InChI=1S/C9H20S5/c10-3-2-9(12)8-14-6-1-5-13-7-4-11/h9-12H,1-8H2. The van der Waals surface area contributed by atoms with Crippen molar-refractivity contribution in [2.45, 2.75) is 18.1 Å². The van der Waals surface area contributed by atoms with E-state index in [9.17, 15) is 0 Å². The van der Waals surface area contributed by atoms with Crippen molar-refractivity contribution in [1.29, 1.82) is 0 Å². The van der Waals surface area contributed by atoms with Gasteiger partial charge in [-0.2, -0.15) is 61.4 Å². The highest BCUT2D eigenvalue weighted by atomic mass is 32.2. The fourth-order valence-electron chi connectivity index (χ4n) is 0.881. The molecule has 0 radical (unpaired) electrons. The summed E-state index contributed by atoms with van der Waals surface area (Å²) in [5.74, 6) is 6.84. The van der Waals surface area contributed by atoms with E-state index in [1.165, 1.54) is 29.4 Å². The van der Waals surface area contributed by atoms with Crippen molar-refractivity contribution in [3.05, 3.63) is 0 Å². The minimum Gasteiger partial charge on any atom is -0.179 e. The average molecular weight is 289 g/mol. The fourth-order valence-corrected chi connectivity index (χ4v) is 4.05. The molecule has 14 heavy (non-hydrogen) atoms. The van der Waals surface area contributed by atoms with Gasteiger partial charge in [-0.1, -0.05) is 0 Å². The molecule has 0 spiro atoms. The molecular weight excluding hydrogens is 268 g/mol. The van der Waals surface area contributed by atoms with Crippen molar-refractivity contribution in [1.82, 2.24) is 0 Å². The van der Waals surface area contributed by atoms with E-state index in [2.05, 4.69) is 37.9 Å². The lowest BCUT2D eigenvalue weighted by Gasteiger charge is -2.07.